The molecule has 0 spiro atoms. The van der Waals surface area contributed by atoms with Gasteiger partial charge in [-0.1, -0.05) is 0 Å². The van der Waals surface area contributed by atoms with Crippen molar-refractivity contribution in [2.75, 3.05) is 31.1 Å². The Balaban J connectivity index is 1.74. The van der Waals surface area contributed by atoms with Gasteiger partial charge in [0.25, 0.3) is 5.91 Å². The third-order valence-corrected chi connectivity index (χ3v) is 3.95. The summed E-state index contributed by atoms with van der Waals surface area (Å²) in [5, 5.41) is 19.6. The topological polar surface area (TPSA) is 103 Å². The van der Waals surface area contributed by atoms with Crippen LogP contribution in [0.1, 0.15) is 16.1 Å². The van der Waals surface area contributed by atoms with Crippen molar-refractivity contribution >= 4 is 23.5 Å². The van der Waals surface area contributed by atoms with Gasteiger partial charge in [-0.25, -0.2) is 9.97 Å². The molecule has 0 aliphatic carbocycles. The monoisotopic (exact) mass is 352 g/mol. The summed E-state index contributed by atoms with van der Waals surface area (Å²) in [6, 6.07) is 3.07. The highest BCUT2D eigenvalue weighted by Crippen LogP contribution is 2.17. The maximum atomic E-state index is 12.5. The van der Waals surface area contributed by atoms with Gasteiger partial charge in [0, 0.05) is 38.4 Å². The van der Waals surface area contributed by atoms with E-state index in [2.05, 4.69) is 9.97 Å². The van der Waals surface area contributed by atoms with Crippen LogP contribution in [0.3, 0.4) is 0 Å². The first-order chi connectivity index (χ1) is 11.6. The molecule has 0 radical (unpaired) electrons. The molecule has 1 fully saturated rings. The maximum absolute atomic E-state index is 12.5. The van der Waals surface area contributed by atoms with E-state index in [1.165, 1.54) is 12.3 Å². The summed E-state index contributed by atoms with van der Waals surface area (Å²) >= 11 is 5.70. The molecule has 1 aliphatic heterocycles. The lowest BCUT2D eigenvalue weighted by molar-refractivity contribution is 0.0673. The average Bonchev–Trinajstić information content (AvgIpc) is 2.92. The van der Waals surface area contributed by atoms with E-state index in [9.17, 15) is 15.0 Å². The van der Waals surface area contributed by atoms with Gasteiger partial charge in [-0.3, -0.25) is 4.79 Å². The fraction of sp³-hybridized carbons (Fsp3) is 0.400. The summed E-state index contributed by atoms with van der Waals surface area (Å²) in [5.74, 6) is 0.165. The molecule has 1 saturated heterocycles. The number of amides is 1. The Morgan fingerprint density at radius 1 is 1.42 bits per heavy atom. The number of aromatic nitrogens is 2. The lowest BCUT2D eigenvalue weighted by Crippen LogP contribution is -2.37. The first-order valence-corrected chi connectivity index (χ1v) is 7.83. The van der Waals surface area contributed by atoms with Crippen molar-refractivity contribution in [3.8, 4) is 0 Å². The van der Waals surface area contributed by atoms with Crippen LogP contribution >= 0.6 is 11.6 Å². The predicted molar refractivity (Wildman–Crippen MR) is 85.8 cm³/mol. The quantitative estimate of drug-likeness (QED) is 0.830. The molecule has 1 aliphatic rings. The van der Waals surface area contributed by atoms with E-state index in [0.29, 0.717) is 36.8 Å². The molecule has 2 aromatic rings. The maximum Gasteiger partial charge on any atom is 0.257 e. The van der Waals surface area contributed by atoms with Crippen LogP contribution in [0.2, 0.25) is 5.22 Å². The first-order valence-electron chi connectivity index (χ1n) is 7.46. The summed E-state index contributed by atoms with van der Waals surface area (Å²) in [7, 11) is 0. The molecule has 1 amide bonds. The van der Waals surface area contributed by atoms with Crippen LogP contribution in [-0.2, 0) is 6.61 Å². The highest BCUT2D eigenvalue weighted by molar-refractivity contribution is 6.29. The van der Waals surface area contributed by atoms with Crippen LogP contribution in [0.4, 0.5) is 5.95 Å². The van der Waals surface area contributed by atoms with Gasteiger partial charge in [-0.15, -0.1) is 0 Å². The molecule has 128 valence electrons. The van der Waals surface area contributed by atoms with Crippen LogP contribution in [0.25, 0.3) is 0 Å². The van der Waals surface area contributed by atoms with Gasteiger partial charge in [-0.2, -0.15) is 0 Å². The van der Waals surface area contributed by atoms with E-state index < -0.39 is 6.10 Å². The number of β-amino-alcohol motifs (C(OH)–C–C–N with tert-alkyl or cyclic N) is 1. The van der Waals surface area contributed by atoms with E-state index in [0.717, 1.165) is 0 Å². The number of aliphatic hydroxyl groups excluding tert-OH is 2. The van der Waals surface area contributed by atoms with E-state index in [-0.39, 0.29) is 24.3 Å². The van der Waals surface area contributed by atoms with Gasteiger partial charge in [0.2, 0.25) is 5.95 Å². The number of halogens is 1. The predicted octanol–water partition coefficient (Wildman–Crippen LogP) is 0.539. The Morgan fingerprint density at radius 3 is 2.96 bits per heavy atom. The number of anilines is 1. The minimum Gasteiger partial charge on any atom is -0.452 e. The number of carbonyl (C=O) groups is 1. The zero-order valence-electron chi connectivity index (χ0n) is 12.8. The Labute approximate surface area is 143 Å². The second-order valence-electron chi connectivity index (χ2n) is 5.50. The summed E-state index contributed by atoms with van der Waals surface area (Å²) in [5.41, 5.74) is 0.846. The number of furan rings is 1. The summed E-state index contributed by atoms with van der Waals surface area (Å²) in [6.45, 7) is 1.16. The molecule has 2 N–H and O–H groups in total. The molecule has 3 heterocycles. The smallest absolute Gasteiger partial charge is 0.257 e. The van der Waals surface area contributed by atoms with Crippen LogP contribution in [0.5, 0.6) is 0 Å². The van der Waals surface area contributed by atoms with E-state index >= 15 is 0 Å². The molecule has 1 atom stereocenters. The van der Waals surface area contributed by atoms with Crippen molar-refractivity contribution in [2.45, 2.75) is 12.7 Å². The van der Waals surface area contributed by atoms with Crippen molar-refractivity contribution in [2.24, 2.45) is 0 Å². The van der Waals surface area contributed by atoms with Gasteiger partial charge in [0.1, 0.15) is 6.26 Å². The number of aliphatic hydroxyl groups is 2. The first kappa shape index (κ1) is 16.7. The van der Waals surface area contributed by atoms with Gasteiger partial charge in [0.15, 0.2) is 5.22 Å². The van der Waals surface area contributed by atoms with Crippen molar-refractivity contribution in [3.05, 3.63) is 41.1 Å². The van der Waals surface area contributed by atoms with Gasteiger partial charge < -0.3 is 24.4 Å². The molecular weight excluding hydrogens is 336 g/mol. The molecule has 9 heteroatoms. The number of nitrogens with zero attached hydrogens (tertiary/aromatic N) is 4. The fourth-order valence-electron chi connectivity index (χ4n) is 2.59. The van der Waals surface area contributed by atoms with Crippen molar-refractivity contribution < 1.29 is 19.4 Å². The highest BCUT2D eigenvalue weighted by atomic mass is 35.5. The average molecular weight is 353 g/mol. The van der Waals surface area contributed by atoms with Gasteiger partial charge in [0.05, 0.1) is 24.0 Å². The largest absolute Gasteiger partial charge is 0.452 e. The SMILES string of the molecule is O=C(c1coc(Cl)c1)N1CCN(c2nccc(CO)n2)CC(O)C1. The zero-order valence-corrected chi connectivity index (χ0v) is 13.6. The number of rotatable bonds is 3. The molecule has 2 aromatic heterocycles. The number of hydrogen-bond donors (Lipinski definition) is 2. The lowest BCUT2D eigenvalue weighted by Gasteiger charge is -2.21. The molecule has 1 unspecified atom stereocenters. The Morgan fingerprint density at radius 2 is 2.25 bits per heavy atom. The molecular formula is C15H17ClN4O4. The van der Waals surface area contributed by atoms with Crippen LogP contribution < -0.4 is 4.90 Å². The third-order valence-electron chi connectivity index (χ3n) is 3.75. The van der Waals surface area contributed by atoms with E-state index in [1.54, 1.807) is 22.1 Å². The molecule has 24 heavy (non-hydrogen) atoms. The molecule has 0 bridgehead atoms. The minimum atomic E-state index is -0.750. The van der Waals surface area contributed by atoms with Gasteiger partial charge >= 0.3 is 0 Å². The Hall–Kier alpha value is -2.16. The Kier molecular flexibility index (Phi) is 4.98. The molecule has 3 rings (SSSR count). The molecule has 0 saturated carbocycles. The van der Waals surface area contributed by atoms with E-state index in [4.69, 9.17) is 16.0 Å². The second kappa shape index (κ2) is 7.16. The van der Waals surface area contributed by atoms with E-state index in [1.807, 2.05) is 0 Å². The summed E-state index contributed by atoms with van der Waals surface area (Å²) in [4.78, 5) is 24.2. The second-order valence-corrected chi connectivity index (χ2v) is 5.87. The third kappa shape index (κ3) is 3.66. The van der Waals surface area contributed by atoms with Crippen molar-refractivity contribution in [3.63, 3.8) is 0 Å². The number of carbonyl (C=O) groups excluding carboxylic acids is 1. The normalized spacial score (nSPS) is 18.5. The van der Waals surface area contributed by atoms with Crippen LogP contribution in [0.15, 0.2) is 29.0 Å². The Bertz CT molecular complexity index is 723. The van der Waals surface area contributed by atoms with Gasteiger partial charge in [-0.05, 0) is 17.7 Å². The zero-order chi connectivity index (χ0) is 17.1. The lowest BCUT2D eigenvalue weighted by atomic mass is 10.2. The summed E-state index contributed by atoms with van der Waals surface area (Å²) < 4.78 is 4.95. The number of hydrogen-bond acceptors (Lipinski definition) is 7. The fourth-order valence-corrected chi connectivity index (χ4v) is 2.75. The summed E-state index contributed by atoms with van der Waals surface area (Å²) in [6.07, 6.45) is 2.11. The van der Waals surface area contributed by atoms with Crippen LogP contribution in [0, 0.1) is 0 Å². The van der Waals surface area contributed by atoms with Crippen LogP contribution in [-0.4, -0.2) is 63.3 Å². The minimum absolute atomic E-state index is 0.143. The molecule has 8 nitrogen and oxygen atoms in total. The highest BCUT2D eigenvalue weighted by Gasteiger charge is 2.27. The standard InChI is InChI=1S/C15H17ClN4O4/c16-13-5-10(9-24-13)14(23)19-3-4-20(7-12(22)6-19)15-17-2-1-11(8-21)18-15/h1-2,5,9,12,21-22H,3-4,6-8H2. The molecule has 0 aromatic carbocycles. The van der Waals surface area contributed by atoms with Crippen molar-refractivity contribution in [1.82, 2.24) is 14.9 Å². The van der Waals surface area contributed by atoms with Crippen molar-refractivity contribution in [1.29, 1.82) is 0 Å².